The summed E-state index contributed by atoms with van der Waals surface area (Å²) in [5.74, 6) is 0. The van der Waals surface area contributed by atoms with E-state index in [4.69, 9.17) is 4.42 Å². The Morgan fingerprint density at radius 2 is 1.70 bits per heavy atom. The lowest BCUT2D eigenvalue weighted by Gasteiger charge is -2.24. The zero-order valence-corrected chi connectivity index (χ0v) is 15.5. The fourth-order valence-electron chi connectivity index (χ4n) is 3.93. The number of aromatic nitrogens is 1. The lowest BCUT2D eigenvalue weighted by atomic mass is 9.52. The molecule has 0 radical (unpaired) electrons. The molecule has 0 bridgehead atoms. The Hall–Kier alpha value is -3.27. The van der Waals surface area contributed by atoms with E-state index in [9.17, 15) is 0 Å². The van der Waals surface area contributed by atoms with E-state index in [2.05, 4.69) is 90.5 Å². The third-order valence-electron chi connectivity index (χ3n) is 5.37. The Balaban J connectivity index is 1.70. The Morgan fingerprint density at radius 3 is 2.56 bits per heavy atom. The summed E-state index contributed by atoms with van der Waals surface area (Å²) in [4.78, 5) is 2.22. The van der Waals surface area contributed by atoms with Gasteiger partial charge in [-0.25, -0.2) is 4.57 Å². The topological polar surface area (TPSA) is 20.3 Å². The maximum absolute atomic E-state index is 6.32. The highest BCUT2D eigenvalue weighted by Crippen LogP contribution is 2.24. The Kier molecular flexibility index (Phi) is 3.64. The highest BCUT2D eigenvalue weighted by atomic mass is 16.3. The number of pyridine rings is 1. The molecular weight excluding hydrogens is 331 g/mol. The molecule has 4 aromatic rings. The normalized spacial score (nSPS) is 13.3. The summed E-state index contributed by atoms with van der Waals surface area (Å²) in [7, 11) is 4.20. The van der Waals surface area contributed by atoms with Crippen molar-refractivity contribution in [3.63, 3.8) is 0 Å². The highest BCUT2D eigenvalue weighted by molar-refractivity contribution is 6.82. The fraction of sp³-hybridized carbons (Fsp3) is 0.0870. The minimum Gasteiger partial charge on any atom is -0.467 e. The predicted molar refractivity (Wildman–Crippen MR) is 111 cm³/mol. The van der Waals surface area contributed by atoms with Gasteiger partial charge in [-0.2, -0.15) is 0 Å². The largest absolute Gasteiger partial charge is 0.467 e. The van der Waals surface area contributed by atoms with E-state index in [1.54, 1.807) is 0 Å². The summed E-state index contributed by atoms with van der Waals surface area (Å²) in [6.45, 7) is 0.0334. The molecule has 2 aromatic heterocycles. The SMILES string of the molecule is CN1C=Cc2c(oc3ccccc23)B1c1cc(-c2ccccc2)cc[n+]1C. The number of para-hydroxylation sites is 1. The number of furan rings is 1. The zero-order valence-electron chi connectivity index (χ0n) is 15.5. The van der Waals surface area contributed by atoms with Crippen molar-refractivity contribution in [1.82, 2.24) is 4.81 Å². The molecule has 0 saturated heterocycles. The van der Waals surface area contributed by atoms with Crippen molar-refractivity contribution in [3.05, 3.63) is 84.7 Å². The van der Waals surface area contributed by atoms with Crippen molar-refractivity contribution in [2.45, 2.75) is 0 Å². The number of aryl methyl sites for hydroxylation is 1. The third-order valence-corrected chi connectivity index (χ3v) is 5.37. The third kappa shape index (κ3) is 2.56. The molecule has 2 aromatic carbocycles. The molecule has 0 atom stereocenters. The van der Waals surface area contributed by atoms with Gasteiger partial charge in [0.05, 0.1) is 0 Å². The predicted octanol–water partition coefficient (Wildman–Crippen LogP) is 2.95. The minimum atomic E-state index is 0.0334. The van der Waals surface area contributed by atoms with Crippen LogP contribution in [0.1, 0.15) is 5.56 Å². The first-order chi connectivity index (χ1) is 13.2. The van der Waals surface area contributed by atoms with E-state index < -0.39 is 0 Å². The van der Waals surface area contributed by atoms with Gasteiger partial charge in [-0.15, -0.1) is 0 Å². The van der Waals surface area contributed by atoms with Gasteiger partial charge in [0.15, 0.2) is 11.8 Å². The van der Waals surface area contributed by atoms with Gasteiger partial charge in [-0.05, 0) is 36.5 Å². The zero-order chi connectivity index (χ0) is 18.4. The van der Waals surface area contributed by atoms with E-state index >= 15 is 0 Å². The average Bonchev–Trinajstić information content (AvgIpc) is 3.08. The maximum atomic E-state index is 6.32. The average molecular weight is 351 g/mol. The maximum Gasteiger partial charge on any atom is 0.443 e. The van der Waals surface area contributed by atoms with Gasteiger partial charge in [0.2, 0.25) is 0 Å². The molecule has 0 fully saturated rings. The number of benzene rings is 2. The van der Waals surface area contributed by atoms with Crippen LogP contribution in [0.3, 0.4) is 0 Å². The molecule has 3 nitrogen and oxygen atoms in total. The van der Waals surface area contributed by atoms with E-state index in [-0.39, 0.29) is 6.85 Å². The quantitative estimate of drug-likeness (QED) is 0.409. The van der Waals surface area contributed by atoms with Gasteiger partial charge >= 0.3 is 6.85 Å². The van der Waals surface area contributed by atoms with E-state index in [0.717, 1.165) is 11.2 Å². The van der Waals surface area contributed by atoms with Gasteiger partial charge < -0.3 is 9.23 Å². The van der Waals surface area contributed by atoms with Gasteiger partial charge in [0.1, 0.15) is 18.3 Å². The first kappa shape index (κ1) is 15.9. The van der Waals surface area contributed by atoms with Gasteiger partial charge in [-0.3, -0.25) is 0 Å². The summed E-state index contributed by atoms with van der Waals surface area (Å²) in [5.41, 5.74) is 6.75. The lowest BCUT2D eigenvalue weighted by Crippen LogP contribution is -2.65. The van der Waals surface area contributed by atoms with Gasteiger partial charge in [0.25, 0.3) is 0 Å². The smallest absolute Gasteiger partial charge is 0.443 e. The molecule has 1 aliphatic rings. The van der Waals surface area contributed by atoms with Gasteiger partial charge in [-0.1, -0.05) is 48.5 Å². The molecule has 130 valence electrons. The number of fused-ring (bicyclic) bond motifs is 3. The second-order valence-electron chi connectivity index (χ2n) is 7.08. The van der Waals surface area contributed by atoms with Crippen LogP contribution >= 0.6 is 0 Å². The Bertz CT molecular complexity index is 1160. The molecule has 0 aliphatic carbocycles. The summed E-state index contributed by atoms with van der Waals surface area (Å²) in [5, 5.41) is 1.17. The summed E-state index contributed by atoms with van der Waals surface area (Å²) < 4.78 is 8.51. The number of hydrogen-bond donors (Lipinski definition) is 0. The van der Waals surface area contributed by atoms with Crippen molar-refractivity contribution in [1.29, 1.82) is 0 Å². The lowest BCUT2D eigenvalue weighted by molar-refractivity contribution is -0.654. The summed E-state index contributed by atoms with van der Waals surface area (Å²) >= 11 is 0. The molecule has 3 heterocycles. The van der Waals surface area contributed by atoms with Crippen molar-refractivity contribution < 1.29 is 8.98 Å². The molecule has 4 heteroatoms. The van der Waals surface area contributed by atoms with Crippen molar-refractivity contribution >= 4 is 35.1 Å². The highest BCUT2D eigenvalue weighted by Gasteiger charge is 2.39. The van der Waals surface area contributed by atoms with Crippen LogP contribution in [0.15, 0.2) is 83.5 Å². The molecule has 27 heavy (non-hydrogen) atoms. The van der Waals surface area contributed by atoms with Crippen LogP contribution in [0.25, 0.3) is 28.2 Å². The molecule has 0 N–H and O–H groups in total. The van der Waals surface area contributed by atoms with Crippen LogP contribution in [0.5, 0.6) is 0 Å². The number of hydrogen-bond acceptors (Lipinski definition) is 2. The second kappa shape index (κ2) is 6.17. The summed E-state index contributed by atoms with van der Waals surface area (Å²) in [6.07, 6.45) is 6.43. The minimum absolute atomic E-state index is 0.0334. The van der Waals surface area contributed by atoms with Crippen molar-refractivity contribution in [3.8, 4) is 11.1 Å². The Labute approximate surface area is 159 Å². The number of nitrogens with zero attached hydrogens (tertiary/aromatic N) is 2. The van der Waals surface area contributed by atoms with Crippen LogP contribution in [0.2, 0.25) is 0 Å². The first-order valence-electron chi connectivity index (χ1n) is 9.19. The van der Waals surface area contributed by atoms with Gasteiger partial charge in [0, 0.05) is 23.1 Å². The Morgan fingerprint density at radius 1 is 0.926 bits per heavy atom. The van der Waals surface area contributed by atoms with Crippen LogP contribution in [0.4, 0.5) is 0 Å². The van der Waals surface area contributed by atoms with Crippen molar-refractivity contribution in [2.75, 3.05) is 7.05 Å². The standard InChI is InChI=1S/C23H20BN2O/c1-25-14-12-18(17-8-4-3-5-9-17)16-22(25)24-23-20(13-15-26(24)2)19-10-6-7-11-21(19)27-23/h3-16H,1-2H3/q+1. The van der Waals surface area contributed by atoms with E-state index in [1.807, 2.05) is 18.2 Å². The summed E-state index contributed by atoms with van der Waals surface area (Å²) in [6, 6.07) is 23.2. The molecule has 0 unspecified atom stereocenters. The first-order valence-corrected chi connectivity index (χ1v) is 9.19. The molecule has 1 aliphatic heterocycles. The second-order valence-corrected chi connectivity index (χ2v) is 7.08. The molecular formula is C23H20BN2O+. The molecule has 0 spiro atoms. The van der Waals surface area contributed by atoms with Crippen molar-refractivity contribution in [2.24, 2.45) is 7.05 Å². The molecule has 5 rings (SSSR count). The van der Waals surface area contributed by atoms with Crippen LogP contribution in [0, 0.1) is 0 Å². The fourth-order valence-corrected chi connectivity index (χ4v) is 3.93. The monoisotopic (exact) mass is 351 g/mol. The number of rotatable bonds is 2. The van der Waals surface area contributed by atoms with Crippen LogP contribution in [-0.2, 0) is 7.05 Å². The van der Waals surface area contributed by atoms with E-state index in [0.29, 0.717) is 0 Å². The van der Waals surface area contributed by atoms with Crippen LogP contribution < -0.4 is 15.8 Å². The van der Waals surface area contributed by atoms with Crippen LogP contribution in [-0.4, -0.2) is 18.7 Å². The van der Waals surface area contributed by atoms with E-state index in [1.165, 1.54) is 27.7 Å². The molecule has 0 amide bonds. The molecule has 0 saturated carbocycles.